The minimum absolute atomic E-state index is 0.184. The smallest absolute Gasteiger partial charge is 0.230 e. The van der Waals surface area contributed by atoms with Crippen LogP contribution in [0.2, 0.25) is 0 Å². The molecule has 3 nitrogen and oxygen atoms in total. The topological polar surface area (TPSA) is 49.3 Å². The minimum atomic E-state index is -0.541. The van der Waals surface area contributed by atoms with Crippen LogP contribution >= 0.6 is 0 Å². The number of hydrogen-bond donors (Lipinski definition) is 2. The summed E-state index contributed by atoms with van der Waals surface area (Å²) in [6, 6.07) is 5.60. The molecule has 0 heterocycles. The summed E-state index contributed by atoms with van der Waals surface area (Å²) >= 11 is 0. The maximum Gasteiger partial charge on any atom is 0.230 e. The number of anilines is 1. The molecule has 4 heteroatoms. The van der Waals surface area contributed by atoms with Crippen molar-refractivity contribution in [1.29, 1.82) is 0 Å². The molecule has 2 unspecified atom stereocenters. The Bertz CT molecular complexity index is 377. The van der Waals surface area contributed by atoms with Crippen LogP contribution in [0.15, 0.2) is 24.3 Å². The Labute approximate surface area is 93.3 Å². The van der Waals surface area contributed by atoms with Gasteiger partial charge < -0.3 is 10.4 Å². The Balaban J connectivity index is 1.99. The van der Waals surface area contributed by atoms with E-state index in [1.54, 1.807) is 0 Å². The van der Waals surface area contributed by atoms with Gasteiger partial charge in [-0.25, -0.2) is 4.39 Å². The van der Waals surface area contributed by atoms with Crippen LogP contribution in [0.4, 0.5) is 10.1 Å². The molecule has 1 saturated carbocycles. The fourth-order valence-electron chi connectivity index (χ4n) is 2.01. The highest BCUT2D eigenvalue weighted by molar-refractivity contribution is 5.93. The molecule has 1 aliphatic carbocycles. The van der Waals surface area contributed by atoms with Gasteiger partial charge in [-0.1, -0.05) is 0 Å². The highest BCUT2D eigenvalue weighted by Gasteiger charge is 2.31. The summed E-state index contributed by atoms with van der Waals surface area (Å²) in [5.74, 6) is -0.847. The standard InChI is InChI=1S/C12H14FNO2/c13-8-4-6-9(7-5-8)14-12(16)10-2-1-3-11(10)15/h4-7,10-11,15H,1-3H2,(H,14,16). The molecule has 0 bridgehead atoms. The first kappa shape index (κ1) is 11.1. The maximum atomic E-state index is 12.6. The summed E-state index contributed by atoms with van der Waals surface area (Å²) in [6.45, 7) is 0. The fraction of sp³-hybridized carbons (Fsp3) is 0.417. The lowest BCUT2D eigenvalue weighted by atomic mass is 10.1. The van der Waals surface area contributed by atoms with E-state index in [9.17, 15) is 14.3 Å². The van der Waals surface area contributed by atoms with Gasteiger partial charge in [0.05, 0.1) is 12.0 Å². The number of hydrogen-bond acceptors (Lipinski definition) is 2. The van der Waals surface area contributed by atoms with Crippen molar-refractivity contribution >= 4 is 11.6 Å². The fourth-order valence-corrected chi connectivity index (χ4v) is 2.01. The van der Waals surface area contributed by atoms with E-state index in [0.717, 1.165) is 6.42 Å². The summed E-state index contributed by atoms with van der Waals surface area (Å²) in [7, 11) is 0. The van der Waals surface area contributed by atoms with Crippen LogP contribution in [-0.2, 0) is 4.79 Å². The van der Waals surface area contributed by atoms with Crippen LogP contribution < -0.4 is 5.32 Å². The number of nitrogens with one attached hydrogen (secondary N) is 1. The van der Waals surface area contributed by atoms with Crippen molar-refractivity contribution < 1.29 is 14.3 Å². The average Bonchev–Trinajstić information content (AvgIpc) is 2.68. The van der Waals surface area contributed by atoms with E-state index in [-0.39, 0.29) is 17.6 Å². The van der Waals surface area contributed by atoms with Gasteiger partial charge in [0.2, 0.25) is 5.91 Å². The van der Waals surface area contributed by atoms with Gasteiger partial charge in [-0.3, -0.25) is 4.79 Å². The largest absolute Gasteiger partial charge is 0.392 e. The van der Waals surface area contributed by atoms with Crippen molar-refractivity contribution in [3.8, 4) is 0 Å². The third-order valence-corrected chi connectivity index (χ3v) is 2.93. The summed E-state index contributed by atoms with van der Waals surface area (Å²) < 4.78 is 12.6. The van der Waals surface area contributed by atoms with E-state index in [0.29, 0.717) is 18.5 Å². The molecule has 0 radical (unpaired) electrons. The van der Waals surface area contributed by atoms with E-state index in [1.807, 2.05) is 0 Å². The quantitative estimate of drug-likeness (QED) is 0.804. The number of amides is 1. The van der Waals surface area contributed by atoms with E-state index < -0.39 is 6.10 Å². The second-order valence-electron chi connectivity index (χ2n) is 4.10. The Kier molecular flexibility index (Phi) is 3.19. The van der Waals surface area contributed by atoms with Crippen LogP contribution in [0.25, 0.3) is 0 Å². The second kappa shape index (κ2) is 4.61. The molecule has 1 aliphatic rings. The van der Waals surface area contributed by atoms with Crippen molar-refractivity contribution in [2.24, 2.45) is 5.92 Å². The van der Waals surface area contributed by atoms with Crippen molar-refractivity contribution in [2.75, 3.05) is 5.32 Å². The summed E-state index contributed by atoms with van der Waals surface area (Å²) in [5.41, 5.74) is 0.561. The van der Waals surface area contributed by atoms with Crippen molar-refractivity contribution in [1.82, 2.24) is 0 Å². The SMILES string of the molecule is O=C(Nc1ccc(F)cc1)C1CCCC1O. The Hall–Kier alpha value is -1.42. The maximum absolute atomic E-state index is 12.6. The number of carbonyl (C=O) groups excluding carboxylic acids is 1. The van der Waals surface area contributed by atoms with Crippen molar-refractivity contribution in [2.45, 2.75) is 25.4 Å². The van der Waals surface area contributed by atoms with E-state index in [4.69, 9.17) is 0 Å². The predicted octanol–water partition coefficient (Wildman–Crippen LogP) is 1.93. The average molecular weight is 223 g/mol. The molecule has 0 spiro atoms. The first-order chi connectivity index (χ1) is 7.66. The number of aliphatic hydroxyl groups excluding tert-OH is 1. The zero-order valence-corrected chi connectivity index (χ0v) is 8.82. The van der Waals surface area contributed by atoms with Gasteiger partial charge in [-0.05, 0) is 43.5 Å². The molecule has 16 heavy (non-hydrogen) atoms. The van der Waals surface area contributed by atoms with Gasteiger partial charge in [-0.15, -0.1) is 0 Å². The van der Waals surface area contributed by atoms with Crippen molar-refractivity contribution in [3.63, 3.8) is 0 Å². The minimum Gasteiger partial charge on any atom is -0.392 e. The molecule has 2 N–H and O–H groups in total. The monoisotopic (exact) mass is 223 g/mol. The number of halogens is 1. The van der Waals surface area contributed by atoms with Gasteiger partial charge in [0.25, 0.3) is 0 Å². The first-order valence-corrected chi connectivity index (χ1v) is 5.41. The lowest BCUT2D eigenvalue weighted by Gasteiger charge is -2.14. The van der Waals surface area contributed by atoms with Crippen LogP contribution in [0.5, 0.6) is 0 Å². The first-order valence-electron chi connectivity index (χ1n) is 5.41. The number of benzene rings is 1. The molecule has 0 saturated heterocycles. The van der Waals surface area contributed by atoms with Crippen molar-refractivity contribution in [3.05, 3.63) is 30.1 Å². The van der Waals surface area contributed by atoms with Gasteiger partial charge in [-0.2, -0.15) is 0 Å². The molecule has 86 valence electrons. The summed E-state index contributed by atoms with van der Waals surface area (Å²) in [6.07, 6.45) is 1.73. The molecule has 0 aliphatic heterocycles. The van der Waals surface area contributed by atoms with Crippen LogP contribution in [-0.4, -0.2) is 17.1 Å². The number of carbonyl (C=O) groups is 1. The second-order valence-corrected chi connectivity index (χ2v) is 4.10. The molecular formula is C12H14FNO2. The zero-order valence-electron chi connectivity index (χ0n) is 8.82. The highest BCUT2D eigenvalue weighted by Crippen LogP contribution is 2.26. The lowest BCUT2D eigenvalue weighted by Crippen LogP contribution is -2.28. The third kappa shape index (κ3) is 2.39. The van der Waals surface area contributed by atoms with E-state index in [1.165, 1.54) is 24.3 Å². The molecule has 2 rings (SSSR count). The predicted molar refractivity (Wildman–Crippen MR) is 58.4 cm³/mol. The van der Waals surface area contributed by atoms with Gasteiger partial charge in [0.1, 0.15) is 5.82 Å². The van der Waals surface area contributed by atoms with E-state index >= 15 is 0 Å². The van der Waals surface area contributed by atoms with Crippen LogP contribution in [0.1, 0.15) is 19.3 Å². The number of aliphatic hydroxyl groups is 1. The van der Waals surface area contributed by atoms with Gasteiger partial charge >= 0.3 is 0 Å². The molecule has 1 aromatic rings. The normalized spacial score (nSPS) is 24.4. The Morgan fingerprint density at radius 2 is 2.00 bits per heavy atom. The molecular weight excluding hydrogens is 209 g/mol. The number of rotatable bonds is 2. The van der Waals surface area contributed by atoms with Crippen LogP contribution in [0, 0.1) is 11.7 Å². The Morgan fingerprint density at radius 3 is 2.56 bits per heavy atom. The molecule has 0 aromatic heterocycles. The molecule has 1 fully saturated rings. The van der Waals surface area contributed by atoms with Crippen LogP contribution in [0.3, 0.4) is 0 Å². The molecule has 1 amide bonds. The Morgan fingerprint density at radius 1 is 1.31 bits per heavy atom. The third-order valence-electron chi connectivity index (χ3n) is 2.93. The summed E-state index contributed by atoms with van der Waals surface area (Å²) in [4.78, 5) is 11.7. The zero-order chi connectivity index (χ0) is 11.5. The highest BCUT2D eigenvalue weighted by atomic mass is 19.1. The van der Waals surface area contributed by atoms with Gasteiger partial charge in [0.15, 0.2) is 0 Å². The summed E-state index contributed by atoms with van der Waals surface area (Å²) in [5, 5.41) is 12.2. The molecule has 1 aromatic carbocycles. The lowest BCUT2D eigenvalue weighted by molar-refractivity contribution is -0.122. The molecule has 2 atom stereocenters. The van der Waals surface area contributed by atoms with Gasteiger partial charge in [0, 0.05) is 5.69 Å². The van der Waals surface area contributed by atoms with E-state index in [2.05, 4.69) is 5.32 Å².